The van der Waals surface area contributed by atoms with Crippen LogP contribution in [0.15, 0.2) is 23.7 Å². The van der Waals surface area contributed by atoms with Crippen molar-refractivity contribution in [1.82, 2.24) is 9.97 Å². The fourth-order valence-electron chi connectivity index (χ4n) is 1.50. The number of aromatic nitrogens is 2. The molecular formula is C12H14N2O2S. The Kier molecular flexibility index (Phi) is 3.58. The molecule has 0 saturated carbocycles. The summed E-state index contributed by atoms with van der Waals surface area (Å²) in [4.78, 5) is 18.3. The minimum Gasteiger partial charge on any atom is -0.481 e. The average Bonchev–Trinajstić information content (AvgIpc) is 2.95. The van der Waals surface area contributed by atoms with Crippen molar-refractivity contribution in [1.29, 1.82) is 0 Å². The van der Waals surface area contributed by atoms with Gasteiger partial charge in [0.1, 0.15) is 0 Å². The van der Waals surface area contributed by atoms with Crippen LogP contribution in [0, 0.1) is 5.92 Å². The van der Waals surface area contributed by atoms with Crippen LogP contribution < -0.4 is 0 Å². The van der Waals surface area contributed by atoms with E-state index in [9.17, 15) is 4.79 Å². The van der Waals surface area contributed by atoms with Crippen LogP contribution in [0.3, 0.4) is 0 Å². The number of aliphatic carboxylic acids is 1. The van der Waals surface area contributed by atoms with E-state index in [0.29, 0.717) is 6.42 Å². The van der Waals surface area contributed by atoms with Gasteiger partial charge in [0.15, 0.2) is 0 Å². The van der Waals surface area contributed by atoms with Crippen LogP contribution in [-0.4, -0.2) is 21.0 Å². The number of aryl methyl sites for hydroxylation is 1. The first kappa shape index (κ1) is 11.9. The van der Waals surface area contributed by atoms with Gasteiger partial charge in [-0.15, -0.1) is 11.3 Å². The van der Waals surface area contributed by atoms with E-state index in [4.69, 9.17) is 5.11 Å². The van der Waals surface area contributed by atoms with Gasteiger partial charge in [-0.1, -0.05) is 6.92 Å². The van der Waals surface area contributed by atoms with Crippen molar-refractivity contribution in [2.24, 2.45) is 5.92 Å². The number of hydrogen-bond donors (Lipinski definition) is 2. The molecule has 0 radical (unpaired) electrons. The normalized spacial score (nSPS) is 12.5. The Balaban J connectivity index is 1.97. The fourth-order valence-corrected chi connectivity index (χ4v) is 2.32. The smallest absolute Gasteiger partial charge is 0.306 e. The van der Waals surface area contributed by atoms with Crippen LogP contribution in [0.25, 0.3) is 11.4 Å². The number of carbonyl (C=O) groups is 1. The van der Waals surface area contributed by atoms with E-state index in [-0.39, 0.29) is 5.92 Å². The maximum absolute atomic E-state index is 10.7. The number of thiazole rings is 1. The van der Waals surface area contributed by atoms with E-state index in [1.807, 2.05) is 23.7 Å². The number of hydrogen-bond acceptors (Lipinski definition) is 3. The molecule has 2 heterocycles. The highest BCUT2D eigenvalue weighted by Crippen LogP contribution is 2.21. The monoisotopic (exact) mass is 250 g/mol. The number of rotatable bonds is 5. The fraction of sp³-hybridized carbons (Fsp3) is 0.333. The summed E-state index contributed by atoms with van der Waals surface area (Å²) in [5.41, 5.74) is 1.93. The SMILES string of the molecule is CC(CCc1nc(-c2ccc[nH]2)cs1)C(=O)O. The van der Waals surface area contributed by atoms with Crippen molar-refractivity contribution in [2.45, 2.75) is 19.8 Å². The van der Waals surface area contributed by atoms with Gasteiger partial charge in [-0.2, -0.15) is 0 Å². The van der Waals surface area contributed by atoms with Crippen molar-refractivity contribution >= 4 is 17.3 Å². The third kappa shape index (κ3) is 2.94. The number of nitrogens with zero attached hydrogens (tertiary/aromatic N) is 1. The van der Waals surface area contributed by atoms with Gasteiger partial charge >= 0.3 is 5.97 Å². The zero-order valence-corrected chi connectivity index (χ0v) is 10.3. The Morgan fingerprint density at radius 1 is 1.65 bits per heavy atom. The lowest BCUT2D eigenvalue weighted by molar-refractivity contribution is -0.141. The van der Waals surface area contributed by atoms with Gasteiger partial charge in [0.25, 0.3) is 0 Å². The van der Waals surface area contributed by atoms with E-state index < -0.39 is 5.97 Å². The van der Waals surface area contributed by atoms with Gasteiger partial charge in [-0.3, -0.25) is 4.79 Å². The molecular weight excluding hydrogens is 236 g/mol. The number of H-pyrrole nitrogens is 1. The van der Waals surface area contributed by atoms with Gasteiger partial charge in [0, 0.05) is 18.0 Å². The molecule has 2 aromatic heterocycles. The first-order valence-corrected chi connectivity index (χ1v) is 6.35. The van der Waals surface area contributed by atoms with E-state index >= 15 is 0 Å². The summed E-state index contributed by atoms with van der Waals surface area (Å²) in [5.74, 6) is -1.06. The minimum absolute atomic E-state index is 0.312. The molecule has 4 nitrogen and oxygen atoms in total. The standard InChI is InChI=1S/C12H14N2O2S/c1-8(12(15)16)4-5-11-14-10(7-17-11)9-3-2-6-13-9/h2-3,6-8,13H,4-5H2,1H3,(H,15,16). The van der Waals surface area contributed by atoms with Crippen LogP contribution in [0.2, 0.25) is 0 Å². The van der Waals surface area contributed by atoms with Crippen LogP contribution in [0.1, 0.15) is 18.4 Å². The third-order valence-electron chi connectivity index (χ3n) is 2.64. The summed E-state index contributed by atoms with van der Waals surface area (Å²) in [6, 6.07) is 3.90. The number of nitrogens with one attached hydrogen (secondary N) is 1. The van der Waals surface area contributed by atoms with Crippen molar-refractivity contribution in [3.05, 3.63) is 28.7 Å². The maximum atomic E-state index is 10.7. The number of aromatic amines is 1. The molecule has 1 unspecified atom stereocenters. The molecule has 0 aliphatic heterocycles. The number of carboxylic acid groups (broad SMARTS) is 1. The lowest BCUT2D eigenvalue weighted by Crippen LogP contribution is -2.10. The molecule has 0 aliphatic rings. The Labute approximate surface area is 103 Å². The molecule has 0 fully saturated rings. The molecule has 0 aliphatic carbocycles. The van der Waals surface area contributed by atoms with E-state index in [1.165, 1.54) is 0 Å². The van der Waals surface area contributed by atoms with Crippen molar-refractivity contribution < 1.29 is 9.90 Å². The molecule has 0 amide bonds. The summed E-state index contributed by atoms with van der Waals surface area (Å²) in [7, 11) is 0. The summed E-state index contributed by atoms with van der Waals surface area (Å²) in [5, 5.41) is 11.8. The Hall–Kier alpha value is -1.62. The summed E-state index contributed by atoms with van der Waals surface area (Å²) in [6.07, 6.45) is 3.21. The van der Waals surface area contributed by atoms with Crippen LogP contribution in [-0.2, 0) is 11.2 Å². The highest BCUT2D eigenvalue weighted by molar-refractivity contribution is 7.09. The molecule has 1 atom stereocenters. The number of carboxylic acids is 1. The molecule has 0 aromatic carbocycles. The second-order valence-corrected chi connectivity index (χ2v) is 4.93. The first-order valence-electron chi connectivity index (χ1n) is 5.48. The van der Waals surface area contributed by atoms with E-state index in [0.717, 1.165) is 22.8 Å². The summed E-state index contributed by atoms with van der Waals surface area (Å²) in [6.45, 7) is 1.72. The van der Waals surface area contributed by atoms with Gasteiger partial charge in [-0.25, -0.2) is 4.98 Å². The van der Waals surface area contributed by atoms with E-state index in [1.54, 1.807) is 18.3 Å². The van der Waals surface area contributed by atoms with Crippen molar-refractivity contribution in [2.75, 3.05) is 0 Å². The molecule has 0 bridgehead atoms. The summed E-state index contributed by atoms with van der Waals surface area (Å²) >= 11 is 1.58. The molecule has 0 saturated heterocycles. The van der Waals surface area contributed by atoms with E-state index in [2.05, 4.69) is 9.97 Å². The predicted octanol–water partition coefficient (Wildman–Crippen LogP) is 2.79. The Bertz CT molecular complexity index is 490. The van der Waals surface area contributed by atoms with Crippen LogP contribution >= 0.6 is 11.3 Å². The van der Waals surface area contributed by atoms with Gasteiger partial charge in [0.05, 0.1) is 22.3 Å². The average molecular weight is 250 g/mol. The molecule has 0 spiro atoms. The summed E-state index contributed by atoms with van der Waals surface area (Å²) < 4.78 is 0. The van der Waals surface area contributed by atoms with Gasteiger partial charge in [-0.05, 0) is 18.6 Å². The maximum Gasteiger partial charge on any atom is 0.306 e. The van der Waals surface area contributed by atoms with Crippen LogP contribution in [0.4, 0.5) is 0 Å². The Morgan fingerprint density at radius 2 is 2.47 bits per heavy atom. The van der Waals surface area contributed by atoms with Crippen molar-refractivity contribution in [3.63, 3.8) is 0 Å². The molecule has 5 heteroatoms. The highest BCUT2D eigenvalue weighted by atomic mass is 32.1. The second-order valence-electron chi connectivity index (χ2n) is 3.99. The van der Waals surface area contributed by atoms with Crippen molar-refractivity contribution in [3.8, 4) is 11.4 Å². The largest absolute Gasteiger partial charge is 0.481 e. The Morgan fingerprint density at radius 3 is 3.12 bits per heavy atom. The lowest BCUT2D eigenvalue weighted by atomic mass is 10.1. The molecule has 17 heavy (non-hydrogen) atoms. The quantitative estimate of drug-likeness (QED) is 0.857. The molecule has 2 N–H and O–H groups in total. The molecule has 90 valence electrons. The zero-order chi connectivity index (χ0) is 12.3. The van der Waals surface area contributed by atoms with Crippen LogP contribution in [0.5, 0.6) is 0 Å². The third-order valence-corrected chi connectivity index (χ3v) is 3.55. The zero-order valence-electron chi connectivity index (χ0n) is 9.51. The topological polar surface area (TPSA) is 66.0 Å². The minimum atomic E-state index is -0.744. The predicted molar refractivity (Wildman–Crippen MR) is 67.0 cm³/mol. The first-order chi connectivity index (χ1) is 8.16. The van der Waals surface area contributed by atoms with Gasteiger partial charge in [0.2, 0.25) is 0 Å². The molecule has 2 aromatic rings. The highest BCUT2D eigenvalue weighted by Gasteiger charge is 2.12. The molecule has 2 rings (SSSR count). The second kappa shape index (κ2) is 5.14. The van der Waals surface area contributed by atoms with Gasteiger partial charge < -0.3 is 10.1 Å². The lowest BCUT2D eigenvalue weighted by Gasteiger charge is -2.02.